The molecule has 0 amide bonds. The van der Waals surface area contributed by atoms with Crippen molar-refractivity contribution in [3.8, 4) is 45.3 Å². The molecule has 3 aromatic carbocycles. The van der Waals surface area contributed by atoms with Crippen LogP contribution in [0.1, 0.15) is 5.56 Å². The van der Waals surface area contributed by atoms with Gasteiger partial charge in [0, 0.05) is 26.2 Å². The standard InChI is InChI=1S/C24H14BrClN2O2/c25-16-7-9-23(29)19(11-16)22-12-17(20(13-27)24(30)28-22)18-10-15(6-8-21(18)26)14-4-2-1-3-5-14/h1-12,29H,(H,28,30). The van der Waals surface area contributed by atoms with Gasteiger partial charge in [-0.2, -0.15) is 5.26 Å². The van der Waals surface area contributed by atoms with Crippen LogP contribution in [0.4, 0.5) is 0 Å². The molecule has 0 saturated carbocycles. The van der Waals surface area contributed by atoms with Crippen LogP contribution in [0.2, 0.25) is 5.02 Å². The largest absolute Gasteiger partial charge is 0.507 e. The number of aromatic amines is 1. The fraction of sp³-hybridized carbons (Fsp3) is 0. The number of halogens is 2. The third-order valence-electron chi connectivity index (χ3n) is 4.76. The van der Waals surface area contributed by atoms with Gasteiger partial charge in [-0.05, 0) is 47.5 Å². The van der Waals surface area contributed by atoms with Gasteiger partial charge in [-0.3, -0.25) is 4.79 Å². The molecular weight excluding hydrogens is 464 g/mol. The van der Waals surface area contributed by atoms with E-state index in [2.05, 4.69) is 20.9 Å². The van der Waals surface area contributed by atoms with Gasteiger partial charge >= 0.3 is 0 Å². The van der Waals surface area contributed by atoms with E-state index in [1.807, 2.05) is 48.5 Å². The summed E-state index contributed by atoms with van der Waals surface area (Å²) < 4.78 is 0.742. The molecule has 0 aliphatic heterocycles. The summed E-state index contributed by atoms with van der Waals surface area (Å²) in [5.41, 5.74) is 3.09. The lowest BCUT2D eigenvalue weighted by molar-refractivity contribution is 0.477. The zero-order chi connectivity index (χ0) is 21.3. The van der Waals surface area contributed by atoms with Crippen molar-refractivity contribution in [3.05, 3.63) is 98.2 Å². The van der Waals surface area contributed by atoms with Gasteiger partial charge in [-0.25, -0.2) is 0 Å². The lowest BCUT2D eigenvalue weighted by Crippen LogP contribution is -2.13. The molecule has 0 aliphatic carbocycles. The second kappa shape index (κ2) is 8.19. The summed E-state index contributed by atoms with van der Waals surface area (Å²) in [6.07, 6.45) is 0. The average Bonchev–Trinajstić information content (AvgIpc) is 2.76. The number of nitrogens with one attached hydrogen (secondary N) is 1. The Balaban J connectivity index is 1.97. The molecule has 30 heavy (non-hydrogen) atoms. The maximum atomic E-state index is 12.7. The number of hydrogen-bond donors (Lipinski definition) is 2. The van der Waals surface area contributed by atoms with Crippen LogP contribution < -0.4 is 5.56 Å². The predicted molar refractivity (Wildman–Crippen MR) is 122 cm³/mol. The number of phenolic OH excluding ortho intramolecular Hbond substituents is 1. The van der Waals surface area contributed by atoms with Crippen LogP contribution in [0.5, 0.6) is 5.75 Å². The van der Waals surface area contributed by atoms with Gasteiger partial charge in [0.1, 0.15) is 17.4 Å². The Hall–Kier alpha value is -3.33. The molecule has 4 aromatic rings. The SMILES string of the molecule is N#Cc1c(-c2cc(-c3ccccc3)ccc2Cl)cc(-c2cc(Br)ccc2O)[nH]c1=O. The number of nitrogens with zero attached hydrogens (tertiary/aromatic N) is 1. The van der Waals surface area contributed by atoms with Gasteiger partial charge in [0.2, 0.25) is 0 Å². The highest BCUT2D eigenvalue weighted by Crippen LogP contribution is 2.37. The van der Waals surface area contributed by atoms with E-state index in [1.54, 1.807) is 24.3 Å². The summed E-state index contributed by atoms with van der Waals surface area (Å²) in [6, 6.07) is 23.8. The first-order chi connectivity index (χ1) is 14.5. The Morgan fingerprint density at radius 1 is 0.900 bits per heavy atom. The lowest BCUT2D eigenvalue weighted by Gasteiger charge is -2.12. The molecule has 0 atom stereocenters. The molecule has 0 radical (unpaired) electrons. The topological polar surface area (TPSA) is 76.9 Å². The fourth-order valence-corrected chi connectivity index (χ4v) is 3.87. The minimum absolute atomic E-state index is 0.00800. The molecule has 0 fully saturated rings. The number of hydrogen-bond acceptors (Lipinski definition) is 3. The van der Waals surface area contributed by atoms with Crippen molar-refractivity contribution in [1.29, 1.82) is 5.26 Å². The normalized spacial score (nSPS) is 10.6. The summed E-state index contributed by atoms with van der Waals surface area (Å²) in [7, 11) is 0. The minimum atomic E-state index is -0.550. The van der Waals surface area contributed by atoms with Crippen LogP contribution in [0.15, 0.2) is 82.1 Å². The number of pyridine rings is 1. The van der Waals surface area contributed by atoms with E-state index >= 15 is 0 Å². The van der Waals surface area contributed by atoms with Gasteiger partial charge in [-0.15, -0.1) is 0 Å². The summed E-state index contributed by atoms with van der Waals surface area (Å²) in [4.78, 5) is 15.4. The molecule has 146 valence electrons. The molecule has 0 spiro atoms. The van der Waals surface area contributed by atoms with Crippen molar-refractivity contribution in [1.82, 2.24) is 4.98 Å². The third kappa shape index (κ3) is 3.76. The lowest BCUT2D eigenvalue weighted by atomic mass is 9.95. The van der Waals surface area contributed by atoms with Crippen LogP contribution in [-0.4, -0.2) is 10.1 Å². The van der Waals surface area contributed by atoms with E-state index < -0.39 is 5.56 Å². The molecule has 6 heteroatoms. The van der Waals surface area contributed by atoms with Crippen molar-refractivity contribution in [2.45, 2.75) is 0 Å². The Morgan fingerprint density at radius 2 is 1.67 bits per heavy atom. The van der Waals surface area contributed by atoms with E-state index in [0.29, 0.717) is 27.4 Å². The Kier molecular flexibility index (Phi) is 5.45. The van der Waals surface area contributed by atoms with Crippen LogP contribution in [-0.2, 0) is 0 Å². The van der Waals surface area contributed by atoms with Crippen molar-refractivity contribution < 1.29 is 5.11 Å². The molecule has 4 rings (SSSR count). The molecule has 0 bridgehead atoms. The highest BCUT2D eigenvalue weighted by Gasteiger charge is 2.17. The highest BCUT2D eigenvalue weighted by atomic mass is 79.9. The van der Waals surface area contributed by atoms with Gasteiger partial charge < -0.3 is 10.1 Å². The van der Waals surface area contributed by atoms with Gasteiger partial charge in [-0.1, -0.05) is 63.9 Å². The first-order valence-electron chi connectivity index (χ1n) is 8.99. The van der Waals surface area contributed by atoms with E-state index in [9.17, 15) is 15.2 Å². The number of nitriles is 1. The molecule has 0 unspecified atom stereocenters. The van der Waals surface area contributed by atoms with Crippen molar-refractivity contribution >= 4 is 27.5 Å². The number of aromatic nitrogens is 1. The smallest absolute Gasteiger partial charge is 0.266 e. The van der Waals surface area contributed by atoms with Crippen molar-refractivity contribution in [2.75, 3.05) is 0 Å². The van der Waals surface area contributed by atoms with E-state index in [0.717, 1.165) is 15.6 Å². The molecular formula is C24H14BrClN2O2. The van der Waals surface area contributed by atoms with Crippen molar-refractivity contribution in [3.63, 3.8) is 0 Å². The first-order valence-corrected chi connectivity index (χ1v) is 10.2. The molecule has 4 nitrogen and oxygen atoms in total. The second-order valence-electron chi connectivity index (χ2n) is 6.63. The summed E-state index contributed by atoms with van der Waals surface area (Å²) in [5.74, 6) is 0.00800. The molecule has 2 N–H and O–H groups in total. The van der Waals surface area contributed by atoms with Gasteiger partial charge in [0.25, 0.3) is 5.56 Å². The maximum Gasteiger partial charge on any atom is 0.266 e. The highest BCUT2D eigenvalue weighted by molar-refractivity contribution is 9.10. The average molecular weight is 478 g/mol. The minimum Gasteiger partial charge on any atom is -0.507 e. The Morgan fingerprint density at radius 3 is 2.40 bits per heavy atom. The number of phenols is 1. The molecule has 0 aliphatic rings. The Labute approximate surface area is 186 Å². The zero-order valence-electron chi connectivity index (χ0n) is 15.5. The zero-order valence-corrected chi connectivity index (χ0v) is 17.8. The van der Waals surface area contributed by atoms with E-state index in [4.69, 9.17) is 11.6 Å². The Bertz CT molecular complexity index is 1360. The molecule has 1 aromatic heterocycles. The number of benzene rings is 3. The quantitative estimate of drug-likeness (QED) is 0.360. The van der Waals surface area contributed by atoms with Crippen LogP contribution in [0, 0.1) is 11.3 Å². The van der Waals surface area contributed by atoms with Crippen LogP contribution in [0.25, 0.3) is 33.5 Å². The van der Waals surface area contributed by atoms with E-state index in [-0.39, 0.29) is 11.3 Å². The molecule has 1 heterocycles. The monoisotopic (exact) mass is 476 g/mol. The molecule has 0 saturated heterocycles. The number of H-pyrrole nitrogens is 1. The third-order valence-corrected chi connectivity index (χ3v) is 5.58. The van der Waals surface area contributed by atoms with Crippen molar-refractivity contribution in [2.24, 2.45) is 0 Å². The number of aromatic hydroxyl groups is 1. The summed E-state index contributed by atoms with van der Waals surface area (Å²) >= 11 is 9.85. The first kappa shape index (κ1) is 20.0. The number of rotatable bonds is 3. The fourth-order valence-electron chi connectivity index (χ4n) is 3.29. The predicted octanol–water partition coefficient (Wildman–Crippen LogP) is 6.37. The maximum absolute atomic E-state index is 12.7. The summed E-state index contributed by atoms with van der Waals surface area (Å²) in [5, 5.41) is 20.3. The summed E-state index contributed by atoms with van der Waals surface area (Å²) in [6.45, 7) is 0. The van der Waals surface area contributed by atoms with Gasteiger partial charge in [0.05, 0.1) is 5.69 Å². The van der Waals surface area contributed by atoms with Gasteiger partial charge in [0.15, 0.2) is 0 Å². The van der Waals surface area contributed by atoms with Crippen LogP contribution >= 0.6 is 27.5 Å². The second-order valence-corrected chi connectivity index (χ2v) is 7.96. The van der Waals surface area contributed by atoms with Crippen LogP contribution in [0.3, 0.4) is 0 Å². The van der Waals surface area contributed by atoms with E-state index in [1.165, 1.54) is 6.07 Å².